The Kier molecular flexibility index (Phi) is 4.49. The van der Waals surface area contributed by atoms with E-state index in [1.807, 2.05) is 0 Å². The van der Waals surface area contributed by atoms with Crippen LogP contribution in [0.1, 0.15) is 12.8 Å². The SMILES string of the molecule is C=CCNCC(=O)N1CCCCO1. The highest BCUT2D eigenvalue weighted by molar-refractivity contribution is 5.77. The van der Waals surface area contributed by atoms with Gasteiger partial charge in [0.25, 0.3) is 5.91 Å². The second kappa shape index (κ2) is 5.72. The lowest BCUT2D eigenvalue weighted by atomic mass is 10.3. The van der Waals surface area contributed by atoms with Crippen molar-refractivity contribution in [2.45, 2.75) is 12.8 Å². The van der Waals surface area contributed by atoms with Crippen LogP contribution >= 0.6 is 0 Å². The molecule has 1 saturated heterocycles. The standard InChI is InChI=1S/C9H16N2O2/c1-2-5-10-8-9(12)11-6-3-4-7-13-11/h2,10H,1,3-8H2. The van der Waals surface area contributed by atoms with Gasteiger partial charge in [-0.25, -0.2) is 5.06 Å². The van der Waals surface area contributed by atoms with Crippen molar-refractivity contribution in [3.05, 3.63) is 12.7 Å². The van der Waals surface area contributed by atoms with Gasteiger partial charge in [-0.2, -0.15) is 0 Å². The normalized spacial score (nSPS) is 17.1. The van der Waals surface area contributed by atoms with Gasteiger partial charge in [0.2, 0.25) is 0 Å². The average Bonchev–Trinajstić information content (AvgIpc) is 2.19. The molecule has 1 fully saturated rings. The van der Waals surface area contributed by atoms with Crippen LogP contribution in [-0.4, -0.2) is 37.2 Å². The van der Waals surface area contributed by atoms with E-state index in [1.54, 1.807) is 6.08 Å². The summed E-state index contributed by atoms with van der Waals surface area (Å²) in [6.07, 6.45) is 3.81. The topological polar surface area (TPSA) is 41.6 Å². The number of hydrogen-bond acceptors (Lipinski definition) is 3. The van der Waals surface area contributed by atoms with E-state index in [9.17, 15) is 4.79 Å². The molecule has 1 rings (SSSR count). The number of carbonyl (C=O) groups is 1. The van der Waals surface area contributed by atoms with Crippen molar-refractivity contribution < 1.29 is 9.63 Å². The molecule has 1 aliphatic heterocycles. The van der Waals surface area contributed by atoms with Crippen LogP contribution in [0, 0.1) is 0 Å². The van der Waals surface area contributed by atoms with Gasteiger partial charge < -0.3 is 5.32 Å². The largest absolute Gasteiger partial charge is 0.305 e. The molecule has 1 N–H and O–H groups in total. The molecule has 0 saturated carbocycles. The summed E-state index contributed by atoms with van der Waals surface area (Å²) in [5, 5.41) is 4.39. The van der Waals surface area contributed by atoms with E-state index in [0.717, 1.165) is 12.8 Å². The Hall–Kier alpha value is -0.870. The summed E-state index contributed by atoms with van der Waals surface area (Å²) in [7, 11) is 0. The van der Waals surface area contributed by atoms with Gasteiger partial charge in [0.1, 0.15) is 0 Å². The molecule has 13 heavy (non-hydrogen) atoms. The summed E-state index contributed by atoms with van der Waals surface area (Å²) in [5.41, 5.74) is 0. The maximum atomic E-state index is 11.4. The minimum Gasteiger partial charge on any atom is -0.305 e. The Morgan fingerprint density at radius 2 is 2.46 bits per heavy atom. The van der Waals surface area contributed by atoms with Crippen molar-refractivity contribution in [2.75, 3.05) is 26.2 Å². The average molecular weight is 184 g/mol. The van der Waals surface area contributed by atoms with Gasteiger partial charge in [0, 0.05) is 13.1 Å². The fourth-order valence-corrected chi connectivity index (χ4v) is 1.16. The van der Waals surface area contributed by atoms with E-state index in [4.69, 9.17) is 4.84 Å². The molecule has 0 atom stereocenters. The van der Waals surface area contributed by atoms with Crippen molar-refractivity contribution in [1.29, 1.82) is 0 Å². The van der Waals surface area contributed by atoms with Crippen LogP contribution in [0.3, 0.4) is 0 Å². The molecule has 0 unspecified atom stereocenters. The van der Waals surface area contributed by atoms with Crippen LogP contribution in [0.4, 0.5) is 0 Å². The fraction of sp³-hybridized carbons (Fsp3) is 0.667. The highest BCUT2D eigenvalue weighted by Gasteiger charge is 2.16. The third-order valence-corrected chi connectivity index (χ3v) is 1.85. The van der Waals surface area contributed by atoms with Gasteiger partial charge in [-0.3, -0.25) is 9.63 Å². The van der Waals surface area contributed by atoms with Crippen LogP contribution in [0.25, 0.3) is 0 Å². The predicted molar refractivity (Wildman–Crippen MR) is 50.0 cm³/mol. The molecule has 0 radical (unpaired) electrons. The Balaban J connectivity index is 2.17. The first-order chi connectivity index (χ1) is 6.34. The Bertz CT molecular complexity index is 176. The molecule has 0 aromatic carbocycles. The number of amides is 1. The second-order valence-electron chi connectivity index (χ2n) is 2.96. The monoisotopic (exact) mass is 184 g/mol. The third kappa shape index (κ3) is 3.57. The summed E-state index contributed by atoms with van der Waals surface area (Å²) in [6, 6.07) is 0. The van der Waals surface area contributed by atoms with E-state index in [0.29, 0.717) is 26.2 Å². The zero-order chi connectivity index (χ0) is 9.52. The van der Waals surface area contributed by atoms with E-state index >= 15 is 0 Å². The first-order valence-corrected chi connectivity index (χ1v) is 4.59. The zero-order valence-corrected chi connectivity index (χ0v) is 7.79. The van der Waals surface area contributed by atoms with Crippen molar-refractivity contribution >= 4 is 5.91 Å². The first kappa shape index (κ1) is 10.2. The lowest BCUT2D eigenvalue weighted by Crippen LogP contribution is -2.41. The molecule has 0 aromatic heterocycles. The summed E-state index contributed by atoms with van der Waals surface area (Å²) in [6.45, 7) is 5.91. The van der Waals surface area contributed by atoms with Gasteiger partial charge in [-0.05, 0) is 12.8 Å². The number of hydrogen-bond donors (Lipinski definition) is 1. The Morgan fingerprint density at radius 1 is 1.62 bits per heavy atom. The maximum absolute atomic E-state index is 11.4. The van der Waals surface area contributed by atoms with E-state index in [1.165, 1.54) is 5.06 Å². The van der Waals surface area contributed by atoms with Gasteiger partial charge in [-0.1, -0.05) is 6.08 Å². The molecule has 1 aliphatic rings. The van der Waals surface area contributed by atoms with Crippen molar-refractivity contribution in [3.8, 4) is 0 Å². The molecule has 0 aromatic rings. The Labute approximate surface area is 78.5 Å². The molecule has 4 heteroatoms. The zero-order valence-electron chi connectivity index (χ0n) is 7.79. The predicted octanol–water partition coefficient (Wildman–Crippen LogP) is 0.316. The van der Waals surface area contributed by atoms with Crippen molar-refractivity contribution in [1.82, 2.24) is 10.4 Å². The summed E-state index contributed by atoms with van der Waals surface area (Å²) in [5.74, 6) is 0.00144. The van der Waals surface area contributed by atoms with Gasteiger partial charge in [0.15, 0.2) is 0 Å². The number of nitrogens with one attached hydrogen (secondary N) is 1. The molecule has 1 heterocycles. The minimum absolute atomic E-state index is 0.00144. The number of hydroxylamine groups is 2. The number of rotatable bonds is 4. The molecular formula is C9H16N2O2. The number of nitrogens with zero attached hydrogens (tertiary/aromatic N) is 1. The van der Waals surface area contributed by atoms with Gasteiger partial charge >= 0.3 is 0 Å². The molecular weight excluding hydrogens is 168 g/mol. The highest BCUT2D eigenvalue weighted by Crippen LogP contribution is 2.05. The van der Waals surface area contributed by atoms with E-state index in [-0.39, 0.29) is 5.91 Å². The smallest absolute Gasteiger partial charge is 0.260 e. The summed E-state index contributed by atoms with van der Waals surface area (Å²) in [4.78, 5) is 16.6. The lowest BCUT2D eigenvalue weighted by molar-refractivity contribution is -0.195. The van der Waals surface area contributed by atoms with Crippen molar-refractivity contribution in [2.24, 2.45) is 0 Å². The van der Waals surface area contributed by atoms with Gasteiger partial charge in [0.05, 0.1) is 13.2 Å². The third-order valence-electron chi connectivity index (χ3n) is 1.85. The van der Waals surface area contributed by atoms with Crippen LogP contribution in [0.5, 0.6) is 0 Å². The molecule has 0 aliphatic carbocycles. The fourth-order valence-electron chi connectivity index (χ4n) is 1.16. The summed E-state index contributed by atoms with van der Waals surface area (Å²) < 4.78 is 0. The van der Waals surface area contributed by atoms with Crippen molar-refractivity contribution in [3.63, 3.8) is 0 Å². The molecule has 0 spiro atoms. The second-order valence-corrected chi connectivity index (χ2v) is 2.96. The molecule has 74 valence electrons. The van der Waals surface area contributed by atoms with Crippen LogP contribution in [0.2, 0.25) is 0 Å². The lowest BCUT2D eigenvalue weighted by Gasteiger charge is -2.25. The van der Waals surface area contributed by atoms with E-state index < -0.39 is 0 Å². The molecule has 4 nitrogen and oxygen atoms in total. The summed E-state index contributed by atoms with van der Waals surface area (Å²) >= 11 is 0. The number of carbonyl (C=O) groups excluding carboxylic acids is 1. The minimum atomic E-state index is 0.00144. The highest BCUT2D eigenvalue weighted by atomic mass is 16.7. The molecule has 1 amide bonds. The van der Waals surface area contributed by atoms with E-state index in [2.05, 4.69) is 11.9 Å². The first-order valence-electron chi connectivity index (χ1n) is 4.59. The maximum Gasteiger partial charge on any atom is 0.260 e. The quantitative estimate of drug-likeness (QED) is 0.505. The van der Waals surface area contributed by atoms with Crippen LogP contribution in [-0.2, 0) is 9.63 Å². The molecule has 0 bridgehead atoms. The van der Waals surface area contributed by atoms with Crippen LogP contribution in [0.15, 0.2) is 12.7 Å². The van der Waals surface area contributed by atoms with Crippen LogP contribution < -0.4 is 5.32 Å². The Morgan fingerprint density at radius 3 is 3.08 bits per heavy atom. The van der Waals surface area contributed by atoms with Gasteiger partial charge in [-0.15, -0.1) is 6.58 Å².